The van der Waals surface area contributed by atoms with Gasteiger partial charge in [-0.3, -0.25) is 14.9 Å². The number of hydrogen-bond donors (Lipinski definition) is 0. The van der Waals surface area contributed by atoms with Crippen molar-refractivity contribution in [3.05, 3.63) is 147 Å². The number of nitrogens with zero attached hydrogens (tertiary/aromatic N) is 4. The van der Waals surface area contributed by atoms with Gasteiger partial charge in [-0.2, -0.15) is 9.78 Å². The first-order chi connectivity index (χ1) is 19.6. The van der Waals surface area contributed by atoms with Gasteiger partial charge in [0.2, 0.25) is 5.75 Å². The fraction of sp³-hybridized carbons (Fsp3) is 0.0312. The SMILES string of the molecule is O=c1c2ccccc2nc(-c2ccccc2)n1N=Cc1cccc([N+](=O)[O-])c1OCc1cccc2ccccc12. The molecule has 6 aromatic rings. The Morgan fingerprint density at radius 1 is 0.825 bits per heavy atom. The molecule has 0 spiro atoms. The molecule has 0 bridgehead atoms. The molecule has 0 unspecified atom stereocenters. The highest BCUT2D eigenvalue weighted by Crippen LogP contribution is 2.32. The molecule has 0 amide bonds. The fourth-order valence-electron chi connectivity index (χ4n) is 4.64. The standard InChI is InChI=1S/C32H22N4O4/c37-32-27-17-6-7-18-28(27)34-31(23-11-2-1-3-12-23)35(32)33-20-24-14-9-19-29(36(38)39)30(24)40-21-25-15-8-13-22-10-4-5-16-26(22)25/h1-20H,21H2. The largest absolute Gasteiger partial charge is 0.481 e. The highest BCUT2D eigenvalue weighted by molar-refractivity contribution is 5.87. The van der Waals surface area contributed by atoms with Crippen LogP contribution in [0.25, 0.3) is 33.1 Å². The summed E-state index contributed by atoms with van der Waals surface area (Å²) in [6.45, 7) is 0.111. The molecular weight excluding hydrogens is 504 g/mol. The fourth-order valence-corrected chi connectivity index (χ4v) is 4.64. The van der Waals surface area contributed by atoms with E-state index in [-0.39, 0.29) is 23.6 Å². The van der Waals surface area contributed by atoms with Crippen molar-refractivity contribution in [1.29, 1.82) is 0 Å². The predicted molar refractivity (Wildman–Crippen MR) is 156 cm³/mol. The second-order valence-corrected chi connectivity index (χ2v) is 9.06. The number of para-hydroxylation sites is 2. The second kappa shape index (κ2) is 10.6. The molecule has 1 aromatic heterocycles. The van der Waals surface area contributed by atoms with Crippen molar-refractivity contribution in [1.82, 2.24) is 9.66 Å². The van der Waals surface area contributed by atoms with Crippen molar-refractivity contribution in [3.63, 3.8) is 0 Å². The first-order valence-electron chi connectivity index (χ1n) is 12.6. The Balaban J connectivity index is 1.44. The Morgan fingerprint density at radius 2 is 1.52 bits per heavy atom. The summed E-state index contributed by atoms with van der Waals surface area (Å²) in [5.74, 6) is 0.413. The molecule has 194 valence electrons. The molecular formula is C32H22N4O4. The van der Waals surface area contributed by atoms with Gasteiger partial charge in [-0.15, -0.1) is 0 Å². The zero-order valence-corrected chi connectivity index (χ0v) is 21.2. The smallest absolute Gasteiger partial charge is 0.311 e. The van der Waals surface area contributed by atoms with Crippen molar-refractivity contribution in [3.8, 4) is 17.1 Å². The second-order valence-electron chi connectivity index (χ2n) is 9.06. The summed E-state index contributed by atoms with van der Waals surface area (Å²) in [7, 11) is 0. The molecule has 0 fully saturated rings. The van der Waals surface area contributed by atoms with Crippen LogP contribution in [0, 0.1) is 10.1 Å². The van der Waals surface area contributed by atoms with Crippen molar-refractivity contribution >= 4 is 33.6 Å². The van der Waals surface area contributed by atoms with Crippen LogP contribution >= 0.6 is 0 Å². The van der Waals surface area contributed by atoms with Gasteiger partial charge >= 0.3 is 5.69 Å². The number of fused-ring (bicyclic) bond motifs is 2. The molecule has 1 heterocycles. The van der Waals surface area contributed by atoms with Crippen LogP contribution in [-0.2, 0) is 6.61 Å². The van der Waals surface area contributed by atoms with E-state index in [1.54, 1.807) is 30.3 Å². The molecule has 0 aliphatic rings. The molecule has 0 saturated carbocycles. The van der Waals surface area contributed by atoms with E-state index in [1.807, 2.05) is 78.9 Å². The van der Waals surface area contributed by atoms with Gasteiger partial charge in [0.1, 0.15) is 6.61 Å². The maximum absolute atomic E-state index is 13.5. The maximum atomic E-state index is 13.5. The number of benzene rings is 5. The highest BCUT2D eigenvalue weighted by atomic mass is 16.6. The molecule has 5 aromatic carbocycles. The van der Waals surface area contributed by atoms with Crippen LogP contribution in [0.1, 0.15) is 11.1 Å². The monoisotopic (exact) mass is 526 g/mol. The first kappa shape index (κ1) is 24.7. The van der Waals surface area contributed by atoms with Crippen LogP contribution < -0.4 is 10.3 Å². The molecule has 0 saturated heterocycles. The normalized spacial score (nSPS) is 11.3. The van der Waals surface area contributed by atoms with Gasteiger partial charge in [0.05, 0.1) is 22.0 Å². The Labute approximate surface area is 228 Å². The zero-order chi connectivity index (χ0) is 27.5. The Bertz CT molecular complexity index is 1960. The third-order valence-corrected chi connectivity index (χ3v) is 6.57. The van der Waals surface area contributed by atoms with Crippen LogP contribution in [0.15, 0.2) is 125 Å². The van der Waals surface area contributed by atoms with Crippen molar-refractivity contribution in [2.24, 2.45) is 5.10 Å². The number of ether oxygens (including phenoxy) is 1. The average molecular weight is 527 g/mol. The highest BCUT2D eigenvalue weighted by Gasteiger charge is 2.19. The maximum Gasteiger partial charge on any atom is 0.311 e. The van der Waals surface area contributed by atoms with Crippen molar-refractivity contribution < 1.29 is 9.66 Å². The minimum Gasteiger partial charge on any atom is -0.481 e. The van der Waals surface area contributed by atoms with E-state index < -0.39 is 4.92 Å². The Hall–Kier alpha value is -5.63. The van der Waals surface area contributed by atoms with Crippen molar-refractivity contribution in [2.45, 2.75) is 6.61 Å². The number of hydrogen-bond acceptors (Lipinski definition) is 6. The molecule has 0 N–H and O–H groups in total. The van der Waals surface area contributed by atoms with E-state index >= 15 is 0 Å². The van der Waals surface area contributed by atoms with E-state index in [4.69, 9.17) is 9.72 Å². The van der Waals surface area contributed by atoms with E-state index in [1.165, 1.54) is 17.0 Å². The molecule has 0 aliphatic carbocycles. The third kappa shape index (κ3) is 4.69. The van der Waals surface area contributed by atoms with Gasteiger partial charge in [-0.05, 0) is 34.5 Å². The number of rotatable bonds is 7. The minimum absolute atomic E-state index is 0.0623. The summed E-state index contributed by atoms with van der Waals surface area (Å²) in [6.07, 6.45) is 1.40. The zero-order valence-electron chi connectivity index (χ0n) is 21.2. The predicted octanol–water partition coefficient (Wildman–Crippen LogP) is 6.59. The van der Waals surface area contributed by atoms with Gasteiger partial charge in [-0.25, -0.2) is 4.98 Å². The van der Waals surface area contributed by atoms with Crippen LogP contribution in [0.4, 0.5) is 5.69 Å². The minimum atomic E-state index is -0.491. The molecule has 0 radical (unpaired) electrons. The summed E-state index contributed by atoms with van der Waals surface area (Å²) in [6, 6.07) is 34.7. The Morgan fingerprint density at radius 3 is 2.35 bits per heavy atom. The quantitative estimate of drug-likeness (QED) is 0.133. The van der Waals surface area contributed by atoms with Gasteiger partial charge in [-0.1, -0.05) is 91.0 Å². The van der Waals surface area contributed by atoms with Gasteiger partial charge in [0, 0.05) is 17.2 Å². The first-order valence-corrected chi connectivity index (χ1v) is 12.6. The number of aromatic nitrogens is 2. The molecule has 8 heteroatoms. The number of nitro groups is 1. The van der Waals surface area contributed by atoms with Gasteiger partial charge < -0.3 is 4.74 Å². The summed E-state index contributed by atoms with van der Waals surface area (Å²) >= 11 is 0. The van der Waals surface area contributed by atoms with Crippen LogP contribution in [0.2, 0.25) is 0 Å². The van der Waals surface area contributed by atoms with E-state index in [0.29, 0.717) is 27.9 Å². The summed E-state index contributed by atoms with van der Waals surface area (Å²) in [5, 5.41) is 18.9. The summed E-state index contributed by atoms with van der Waals surface area (Å²) in [5.41, 5.74) is 1.94. The number of nitro benzene ring substituents is 1. The van der Waals surface area contributed by atoms with Gasteiger partial charge in [0.15, 0.2) is 5.82 Å². The molecule has 6 rings (SSSR count). The van der Waals surface area contributed by atoms with Crippen LogP contribution in [-0.4, -0.2) is 20.8 Å². The molecule has 40 heavy (non-hydrogen) atoms. The lowest BCUT2D eigenvalue weighted by molar-refractivity contribution is -0.385. The summed E-state index contributed by atoms with van der Waals surface area (Å²) in [4.78, 5) is 29.6. The molecule has 0 aliphatic heterocycles. The topological polar surface area (TPSA) is 99.6 Å². The lowest BCUT2D eigenvalue weighted by atomic mass is 10.1. The van der Waals surface area contributed by atoms with E-state index in [0.717, 1.165) is 16.3 Å². The lowest BCUT2D eigenvalue weighted by Gasteiger charge is -2.12. The average Bonchev–Trinajstić information content (AvgIpc) is 3.00. The van der Waals surface area contributed by atoms with Crippen LogP contribution in [0.3, 0.4) is 0 Å². The van der Waals surface area contributed by atoms with E-state index in [2.05, 4.69) is 5.10 Å². The van der Waals surface area contributed by atoms with Crippen LogP contribution in [0.5, 0.6) is 5.75 Å². The molecule has 0 atom stereocenters. The summed E-state index contributed by atoms with van der Waals surface area (Å²) < 4.78 is 7.30. The third-order valence-electron chi connectivity index (χ3n) is 6.57. The van der Waals surface area contributed by atoms with Crippen molar-refractivity contribution in [2.75, 3.05) is 0 Å². The lowest BCUT2D eigenvalue weighted by Crippen LogP contribution is -2.20. The van der Waals surface area contributed by atoms with E-state index in [9.17, 15) is 14.9 Å². The van der Waals surface area contributed by atoms with Gasteiger partial charge in [0.25, 0.3) is 5.56 Å². The molecule has 8 nitrogen and oxygen atoms in total. The Kier molecular flexibility index (Phi) is 6.56.